The molecule has 0 unspecified atom stereocenters. The molecule has 0 spiro atoms. The van der Waals surface area contributed by atoms with Crippen LogP contribution in [0.2, 0.25) is 0 Å². The first-order valence-corrected chi connectivity index (χ1v) is 6.96. The lowest BCUT2D eigenvalue weighted by Gasteiger charge is -2.06. The summed E-state index contributed by atoms with van der Waals surface area (Å²) < 4.78 is 1.90. The molecule has 23 heavy (non-hydrogen) atoms. The number of carbonyl (C=O) groups excluding carboxylic acids is 1. The van der Waals surface area contributed by atoms with Crippen molar-refractivity contribution in [3.05, 3.63) is 59.4 Å². The Bertz CT molecular complexity index is 812. The van der Waals surface area contributed by atoms with Crippen molar-refractivity contribution in [1.82, 2.24) is 4.57 Å². The molecule has 0 saturated carbocycles. The zero-order chi connectivity index (χ0) is 16.8. The number of carbonyl (C=O) groups is 2. The summed E-state index contributed by atoms with van der Waals surface area (Å²) in [5, 5.41) is 20.7. The molecule has 6 nitrogen and oxygen atoms in total. The number of nitrogens with one attached hydrogen (secondary N) is 1. The Morgan fingerprint density at radius 3 is 2.78 bits per heavy atom. The summed E-state index contributed by atoms with van der Waals surface area (Å²) in [6.07, 6.45) is 3.36. The third-order valence-electron chi connectivity index (χ3n) is 3.23. The fourth-order valence-electron chi connectivity index (χ4n) is 2.07. The molecule has 0 fully saturated rings. The van der Waals surface area contributed by atoms with Gasteiger partial charge in [-0.05, 0) is 43.3 Å². The summed E-state index contributed by atoms with van der Waals surface area (Å²) in [6, 6.07) is 11.4. The number of carboxylic acid groups (broad SMARTS) is 1. The summed E-state index contributed by atoms with van der Waals surface area (Å²) in [5.74, 6) is -1.67. The van der Waals surface area contributed by atoms with E-state index in [4.69, 9.17) is 5.11 Å². The van der Waals surface area contributed by atoms with Crippen molar-refractivity contribution in [1.29, 1.82) is 5.26 Å². The standard InChI is InChI=1S/C17H15N3O3/c1-2-20-8-4-7-15(20)10-13(11-18)16(21)19-14-6-3-5-12(9-14)17(22)23/h3-10H,2H2,1H3,(H,19,21)(H,22,23)/b13-10-. The maximum Gasteiger partial charge on any atom is 0.335 e. The molecule has 2 N–H and O–H groups in total. The highest BCUT2D eigenvalue weighted by molar-refractivity contribution is 6.09. The maximum atomic E-state index is 12.2. The van der Waals surface area contributed by atoms with Crippen LogP contribution in [0.5, 0.6) is 0 Å². The zero-order valence-corrected chi connectivity index (χ0v) is 12.5. The normalized spacial score (nSPS) is 10.9. The average Bonchev–Trinajstić information content (AvgIpc) is 2.99. The van der Waals surface area contributed by atoms with Crippen LogP contribution in [-0.4, -0.2) is 21.6 Å². The first-order chi connectivity index (χ1) is 11.0. The van der Waals surface area contributed by atoms with Gasteiger partial charge in [0.2, 0.25) is 0 Å². The average molecular weight is 309 g/mol. The largest absolute Gasteiger partial charge is 0.478 e. The highest BCUT2D eigenvalue weighted by atomic mass is 16.4. The minimum absolute atomic E-state index is 0.0564. The van der Waals surface area contributed by atoms with Crippen molar-refractivity contribution in [2.24, 2.45) is 0 Å². The van der Waals surface area contributed by atoms with E-state index in [0.29, 0.717) is 5.69 Å². The number of aromatic nitrogens is 1. The highest BCUT2D eigenvalue weighted by Gasteiger charge is 2.12. The fourth-order valence-corrected chi connectivity index (χ4v) is 2.07. The van der Waals surface area contributed by atoms with E-state index in [0.717, 1.165) is 12.2 Å². The molecule has 1 heterocycles. The molecule has 0 atom stereocenters. The number of amides is 1. The van der Waals surface area contributed by atoms with Crippen molar-refractivity contribution in [3.63, 3.8) is 0 Å². The third kappa shape index (κ3) is 3.86. The smallest absolute Gasteiger partial charge is 0.335 e. The molecule has 2 rings (SSSR count). The molecular formula is C17H15N3O3. The summed E-state index contributed by atoms with van der Waals surface area (Å²) >= 11 is 0. The van der Waals surface area contributed by atoms with E-state index in [1.165, 1.54) is 24.3 Å². The van der Waals surface area contributed by atoms with E-state index in [-0.39, 0.29) is 11.1 Å². The first-order valence-electron chi connectivity index (χ1n) is 6.96. The lowest BCUT2D eigenvalue weighted by molar-refractivity contribution is -0.112. The maximum absolute atomic E-state index is 12.2. The lowest BCUT2D eigenvalue weighted by Crippen LogP contribution is -2.14. The second-order valence-electron chi connectivity index (χ2n) is 4.73. The van der Waals surface area contributed by atoms with Gasteiger partial charge in [-0.2, -0.15) is 5.26 Å². The van der Waals surface area contributed by atoms with E-state index in [1.807, 2.05) is 29.8 Å². The predicted octanol–water partition coefficient (Wildman–Crippen LogP) is 2.75. The number of rotatable bonds is 5. The van der Waals surface area contributed by atoms with Crippen LogP contribution in [0.25, 0.3) is 6.08 Å². The van der Waals surface area contributed by atoms with Gasteiger partial charge < -0.3 is 15.0 Å². The van der Waals surface area contributed by atoms with Crippen molar-refractivity contribution in [2.75, 3.05) is 5.32 Å². The Hall–Kier alpha value is -3.33. The van der Waals surface area contributed by atoms with Crippen LogP contribution in [0.3, 0.4) is 0 Å². The molecule has 0 aliphatic carbocycles. The van der Waals surface area contributed by atoms with Crippen LogP contribution >= 0.6 is 0 Å². The van der Waals surface area contributed by atoms with Gasteiger partial charge in [-0.15, -0.1) is 0 Å². The van der Waals surface area contributed by atoms with Crippen LogP contribution in [0.1, 0.15) is 23.0 Å². The zero-order valence-electron chi connectivity index (χ0n) is 12.5. The Kier molecular flexibility index (Phi) is 4.95. The molecule has 0 bridgehead atoms. The SMILES string of the molecule is CCn1cccc1/C=C(/C#N)C(=O)Nc1cccc(C(=O)O)c1. The van der Waals surface area contributed by atoms with Crippen molar-refractivity contribution in [2.45, 2.75) is 13.5 Å². The first kappa shape index (κ1) is 16.0. The second-order valence-corrected chi connectivity index (χ2v) is 4.73. The molecular weight excluding hydrogens is 294 g/mol. The van der Waals surface area contributed by atoms with E-state index in [2.05, 4.69) is 5.32 Å². The van der Waals surface area contributed by atoms with Crippen molar-refractivity contribution >= 4 is 23.6 Å². The van der Waals surface area contributed by atoms with Crippen molar-refractivity contribution < 1.29 is 14.7 Å². The van der Waals surface area contributed by atoms with Gasteiger partial charge in [-0.1, -0.05) is 6.07 Å². The molecule has 6 heteroatoms. The number of carboxylic acids is 1. The Balaban J connectivity index is 2.23. The van der Waals surface area contributed by atoms with Gasteiger partial charge in [-0.3, -0.25) is 4.79 Å². The van der Waals surface area contributed by atoms with E-state index in [1.54, 1.807) is 12.1 Å². The van der Waals surface area contributed by atoms with Gasteiger partial charge in [0, 0.05) is 24.1 Å². The van der Waals surface area contributed by atoms with Crippen LogP contribution in [-0.2, 0) is 11.3 Å². The lowest BCUT2D eigenvalue weighted by atomic mass is 10.2. The van der Waals surface area contributed by atoms with E-state index >= 15 is 0 Å². The van der Waals surface area contributed by atoms with Gasteiger partial charge in [-0.25, -0.2) is 4.79 Å². The Morgan fingerprint density at radius 2 is 2.13 bits per heavy atom. The number of aromatic carboxylic acids is 1. The number of hydrogen-bond donors (Lipinski definition) is 2. The topological polar surface area (TPSA) is 95.1 Å². The molecule has 1 aromatic carbocycles. The molecule has 0 saturated heterocycles. The monoisotopic (exact) mass is 309 g/mol. The number of hydrogen-bond acceptors (Lipinski definition) is 3. The predicted molar refractivity (Wildman–Crippen MR) is 85.7 cm³/mol. The Labute approximate surface area is 133 Å². The molecule has 0 aliphatic rings. The minimum Gasteiger partial charge on any atom is -0.478 e. The second kappa shape index (κ2) is 7.09. The van der Waals surface area contributed by atoms with Gasteiger partial charge in [0.15, 0.2) is 0 Å². The number of nitrogens with zero attached hydrogens (tertiary/aromatic N) is 2. The molecule has 2 aromatic rings. The fraction of sp³-hybridized carbons (Fsp3) is 0.118. The summed E-state index contributed by atoms with van der Waals surface area (Å²) in [7, 11) is 0. The third-order valence-corrected chi connectivity index (χ3v) is 3.23. The van der Waals surface area contributed by atoms with Crippen LogP contribution in [0.4, 0.5) is 5.69 Å². The molecule has 1 aromatic heterocycles. The van der Waals surface area contributed by atoms with Gasteiger partial charge >= 0.3 is 5.97 Å². The molecule has 1 amide bonds. The summed E-state index contributed by atoms with van der Waals surface area (Å²) in [4.78, 5) is 23.1. The summed E-state index contributed by atoms with van der Waals surface area (Å²) in [5.41, 5.74) is 1.07. The van der Waals surface area contributed by atoms with Crippen LogP contribution in [0, 0.1) is 11.3 Å². The van der Waals surface area contributed by atoms with E-state index < -0.39 is 11.9 Å². The van der Waals surface area contributed by atoms with Gasteiger partial charge in [0.1, 0.15) is 11.6 Å². The molecule has 0 radical (unpaired) electrons. The van der Waals surface area contributed by atoms with Crippen LogP contribution in [0.15, 0.2) is 48.2 Å². The number of nitriles is 1. The molecule has 0 aliphatic heterocycles. The van der Waals surface area contributed by atoms with Gasteiger partial charge in [0.25, 0.3) is 5.91 Å². The van der Waals surface area contributed by atoms with Gasteiger partial charge in [0.05, 0.1) is 5.56 Å². The number of anilines is 1. The van der Waals surface area contributed by atoms with Crippen molar-refractivity contribution in [3.8, 4) is 6.07 Å². The number of benzene rings is 1. The minimum atomic E-state index is -1.09. The highest BCUT2D eigenvalue weighted by Crippen LogP contribution is 2.14. The van der Waals surface area contributed by atoms with Crippen LogP contribution < -0.4 is 5.32 Å². The quantitative estimate of drug-likeness (QED) is 0.655. The Morgan fingerprint density at radius 1 is 1.35 bits per heavy atom. The number of aryl methyl sites for hydroxylation is 1. The van der Waals surface area contributed by atoms with E-state index in [9.17, 15) is 14.9 Å². The summed E-state index contributed by atoms with van der Waals surface area (Å²) in [6.45, 7) is 2.68. The molecule has 116 valence electrons.